The fourth-order valence-corrected chi connectivity index (χ4v) is 5.18. The summed E-state index contributed by atoms with van der Waals surface area (Å²) in [5.74, 6) is 3.32. The average Bonchev–Trinajstić information content (AvgIpc) is 2.64. The van der Waals surface area contributed by atoms with Crippen molar-refractivity contribution in [3.8, 4) is 17.2 Å². The maximum absolute atomic E-state index is 6.15. The van der Waals surface area contributed by atoms with Crippen LogP contribution in [0, 0.1) is 5.92 Å². The Bertz CT molecular complexity index is 843. The molecule has 3 aromatic rings. The first kappa shape index (κ1) is 16.1. The van der Waals surface area contributed by atoms with E-state index < -0.39 is 0 Å². The molecule has 0 radical (unpaired) electrons. The molecule has 0 saturated heterocycles. The van der Waals surface area contributed by atoms with Gasteiger partial charge in [0.2, 0.25) is 14.7 Å². The topological polar surface area (TPSA) is 18.5 Å². The molecule has 4 rings (SSSR count). The summed E-state index contributed by atoms with van der Waals surface area (Å²) in [5, 5.41) is 0. The minimum atomic E-state index is -0.234. The van der Waals surface area contributed by atoms with Crippen LogP contribution in [0.1, 0.15) is 13.8 Å². The standard InChI is InChI=1S/C22H21O2S/c1-16(2)15-23-17-9-3-6-12-20(17)25-21-13-7-4-10-18(21)24-19-11-5-8-14-22(19)25/h3-14,16H,15H2,1-2H3/q+1. The highest BCUT2D eigenvalue weighted by molar-refractivity contribution is 7.97. The Balaban J connectivity index is 1.86. The fraction of sp³-hybridized carbons (Fsp3) is 0.182. The number of hydrogen-bond acceptors (Lipinski definition) is 2. The highest BCUT2D eigenvalue weighted by Crippen LogP contribution is 2.48. The van der Waals surface area contributed by atoms with Gasteiger partial charge in [0.15, 0.2) is 17.2 Å². The van der Waals surface area contributed by atoms with E-state index in [4.69, 9.17) is 9.47 Å². The normalized spacial score (nSPS) is 13.1. The van der Waals surface area contributed by atoms with Crippen molar-refractivity contribution in [3.63, 3.8) is 0 Å². The predicted octanol–water partition coefficient (Wildman–Crippen LogP) is 5.92. The van der Waals surface area contributed by atoms with Gasteiger partial charge in [0.25, 0.3) is 0 Å². The minimum Gasteiger partial charge on any atom is -0.488 e. The Kier molecular flexibility index (Phi) is 4.41. The Morgan fingerprint density at radius 1 is 0.760 bits per heavy atom. The largest absolute Gasteiger partial charge is 0.488 e. The summed E-state index contributed by atoms with van der Waals surface area (Å²) in [5.41, 5.74) is 0. The van der Waals surface area contributed by atoms with Crippen LogP contribution >= 0.6 is 0 Å². The zero-order valence-electron chi connectivity index (χ0n) is 14.4. The molecule has 0 atom stereocenters. The van der Waals surface area contributed by atoms with E-state index in [2.05, 4.69) is 56.3 Å². The Labute approximate surface area is 151 Å². The summed E-state index contributed by atoms with van der Waals surface area (Å²) in [7, 11) is -0.234. The number of fused-ring (bicyclic) bond motifs is 2. The third-order valence-electron chi connectivity index (χ3n) is 4.00. The molecule has 0 aliphatic carbocycles. The number of hydrogen-bond donors (Lipinski definition) is 0. The molecule has 0 spiro atoms. The van der Waals surface area contributed by atoms with E-state index in [0.717, 1.165) is 17.2 Å². The van der Waals surface area contributed by atoms with E-state index >= 15 is 0 Å². The van der Waals surface area contributed by atoms with Gasteiger partial charge < -0.3 is 9.47 Å². The molecule has 0 N–H and O–H groups in total. The minimum absolute atomic E-state index is 0.234. The number of rotatable bonds is 4. The van der Waals surface area contributed by atoms with Crippen LogP contribution in [0.5, 0.6) is 17.2 Å². The molecule has 3 aromatic carbocycles. The molecule has 0 aromatic heterocycles. The predicted molar refractivity (Wildman–Crippen MR) is 102 cm³/mol. The van der Waals surface area contributed by atoms with Crippen molar-refractivity contribution >= 4 is 10.9 Å². The summed E-state index contributed by atoms with van der Waals surface area (Å²) in [4.78, 5) is 3.63. The summed E-state index contributed by atoms with van der Waals surface area (Å²) >= 11 is 0. The van der Waals surface area contributed by atoms with E-state index in [1.165, 1.54) is 14.7 Å². The van der Waals surface area contributed by atoms with Crippen molar-refractivity contribution in [2.45, 2.75) is 28.5 Å². The smallest absolute Gasteiger partial charge is 0.209 e. The molecule has 1 heterocycles. The van der Waals surface area contributed by atoms with Crippen molar-refractivity contribution in [2.75, 3.05) is 6.61 Å². The van der Waals surface area contributed by atoms with Crippen molar-refractivity contribution < 1.29 is 9.47 Å². The molecular formula is C22H21O2S+. The molecule has 1 aliphatic heterocycles. The Morgan fingerprint density at radius 2 is 1.28 bits per heavy atom. The average molecular weight is 349 g/mol. The van der Waals surface area contributed by atoms with Crippen LogP contribution < -0.4 is 9.47 Å². The van der Waals surface area contributed by atoms with E-state index in [1.807, 2.05) is 30.3 Å². The zero-order chi connectivity index (χ0) is 17.2. The second kappa shape index (κ2) is 6.85. The Hall–Kier alpha value is -2.39. The van der Waals surface area contributed by atoms with Crippen molar-refractivity contribution in [3.05, 3.63) is 72.8 Å². The molecule has 0 fully saturated rings. The second-order valence-corrected chi connectivity index (χ2v) is 8.39. The first-order valence-corrected chi connectivity index (χ1v) is 9.78. The number of benzene rings is 3. The van der Waals surface area contributed by atoms with Gasteiger partial charge in [-0.3, -0.25) is 0 Å². The van der Waals surface area contributed by atoms with Gasteiger partial charge in [-0.05, 0) is 42.3 Å². The van der Waals surface area contributed by atoms with Gasteiger partial charge in [0.05, 0.1) is 6.61 Å². The van der Waals surface area contributed by atoms with Gasteiger partial charge in [-0.1, -0.05) is 50.2 Å². The van der Waals surface area contributed by atoms with E-state index in [1.54, 1.807) is 0 Å². The lowest BCUT2D eigenvalue weighted by atomic mass is 10.2. The first-order valence-electron chi connectivity index (χ1n) is 8.56. The van der Waals surface area contributed by atoms with Crippen LogP contribution in [0.15, 0.2) is 87.5 Å². The molecular weight excluding hydrogens is 328 g/mol. The molecule has 1 aliphatic rings. The quantitative estimate of drug-likeness (QED) is 0.426. The van der Waals surface area contributed by atoms with Gasteiger partial charge in [-0.15, -0.1) is 0 Å². The SMILES string of the molecule is CC(C)COc1ccccc1[S+]1c2ccccc2Oc2ccccc21. The van der Waals surface area contributed by atoms with Crippen LogP contribution in [0.3, 0.4) is 0 Å². The number of ether oxygens (including phenoxy) is 2. The van der Waals surface area contributed by atoms with Crippen LogP contribution in [-0.4, -0.2) is 6.61 Å². The zero-order valence-corrected chi connectivity index (χ0v) is 15.3. The van der Waals surface area contributed by atoms with Gasteiger partial charge in [0, 0.05) is 0 Å². The highest BCUT2D eigenvalue weighted by atomic mass is 32.2. The summed E-state index contributed by atoms with van der Waals surface area (Å²) < 4.78 is 12.3. The maximum Gasteiger partial charge on any atom is 0.209 e. The Morgan fingerprint density at radius 3 is 1.88 bits per heavy atom. The van der Waals surface area contributed by atoms with Crippen LogP contribution in [0.4, 0.5) is 0 Å². The molecule has 2 nitrogen and oxygen atoms in total. The van der Waals surface area contributed by atoms with E-state index in [0.29, 0.717) is 12.5 Å². The molecule has 126 valence electrons. The van der Waals surface area contributed by atoms with Gasteiger partial charge in [0.1, 0.15) is 10.9 Å². The monoisotopic (exact) mass is 349 g/mol. The third kappa shape index (κ3) is 3.12. The fourth-order valence-electron chi connectivity index (χ4n) is 2.87. The summed E-state index contributed by atoms with van der Waals surface area (Å²) in [6.07, 6.45) is 0. The molecule has 0 unspecified atom stereocenters. The second-order valence-electron chi connectivity index (χ2n) is 6.45. The van der Waals surface area contributed by atoms with E-state index in [9.17, 15) is 0 Å². The van der Waals surface area contributed by atoms with E-state index in [-0.39, 0.29) is 10.9 Å². The highest BCUT2D eigenvalue weighted by Gasteiger charge is 2.40. The van der Waals surface area contributed by atoms with Gasteiger partial charge in [-0.2, -0.15) is 0 Å². The van der Waals surface area contributed by atoms with Crippen LogP contribution in [0.2, 0.25) is 0 Å². The molecule has 0 saturated carbocycles. The first-order chi connectivity index (χ1) is 12.2. The third-order valence-corrected chi connectivity index (χ3v) is 6.33. The van der Waals surface area contributed by atoms with Gasteiger partial charge >= 0.3 is 0 Å². The lowest BCUT2D eigenvalue weighted by Gasteiger charge is -2.21. The summed E-state index contributed by atoms with van der Waals surface area (Å²) in [6.45, 7) is 5.06. The lowest BCUT2D eigenvalue weighted by Crippen LogP contribution is -2.14. The van der Waals surface area contributed by atoms with Crippen LogP contribution in [-0.2, 0) is 10.9 Å². The number of para-hydroxylation sites is 3. The molecule has 3 heteroatoms. The molecule has 25 heavy (non-hydrogen) atoms. The lowest BCUT2D eigenvalue weighted by molar-refractivity contribution is 0.265. The van der Waals surface area contributed by atoms with Gasteiger partial charge in [-0.25, -0.2) is 0 Å². The maximum atomic E-state index is 6.15. The van der Waals surface area contributed by atoms with Crippen molar-refractivity contribution in [2.24, 2.45) is 5.92 Å². The van der Waals surface area contributed by atoms with Crippen molar-refractivity contribution in [1.82, 2.24) is 0 Å². The van der Waals surface area contributed by atoms with Crippen molar-refractivity contribution in [1.29, 1.82) is 0 Å². The molecule has 0 amide bonds. The summed E-state index contributed by atoms with van der Waals surface area (Å²) in [6, 6.07) is 25.0. The molecule has 0 bridgehead atoms. The van der Waals surface area contributed by atoms with Crippen LogP contribution in [0.25, 0.3) is 0 Å².